The maximum Gasteiger partial charge on any atom is 0.407 e. The van der Waals surface area contributed by atoms with Crippen LogP contribution in [0.4, 0.5) is 4.79 Å². The molecule has 0 rings (SSSR count). The molecule has 1 N–H and O–H groups in total. The third-order valence-corrected chi connectivity index (χ3v) is 2.05. The summed E-state index contributed by atoms with van der Waals surface area (Å²) < 4.78 is 0. The van der Waals surface area contributed by atoms with E-state index in [0.29, 0.717) is 13.1 Å². The van der Waals surface area contributed by atoms with Crippen LogP contribution < -0.4 is 0 Å². The number of carbonyl (C=O) groups is 1. The fourth-order valence-electron chi connectivity index (χ4n) is 1.30. The van der Waals surface area contributed by atoms with E-state index >= 15 is 0 Å². The van der Waals surface area contributed by atoms with Crippen molar-refractivity contribution in [2.24, 2.45) is 0 Å². The van der Waals surface area contributed by atoms with Gasteiger partial charge in [-0.25, -0.2) is 4.79 Å². The maximum absolute atomic E-state index is 10.7. The van der Waals surface area contributed by atoms with Gasteiger partial charge in [0.15, 0.2) is 0 Å². The van der Waals surface area contributed by atoms with Crippen molar-refractivity contribution in [3.8, 4) is 0 Å². The number of hydrogen-bond acceptors (Lipinski definition) is 1. The number of rotatable bonds is 7. The lowest BCUT2D eigenvalue weighted by atomic mass is 10.2. The average molecular weight is 187 g/mol. The standard InChI is InChI=1S/C10H21NO2/c1-3-5-6-7-9-11(8-4-2)10(12)13/h3-9H2,1-2H3,(H,12,13). The molecule has 0 saturated carbocycles. The fraction of sp³-hybridized carbons (Fsp3) is 0.900. The Balaban J connectivity index is 3.51. The van der Waals surface area contributed by atoms with Gasteiger partial charge >= 0.3 is 6.09 Å². The third kappa shape index (κ3) is 6.43. The Hall–Kier alpha value is -0.730. The summed E-state index contributed by atoms with van der Waals surface area (Å²) in [6.45, 7) is 5.52. The first-order valence-corrected chi connectivity index (χ1v) is 5.20. The SMILES string of the molecule is CCCCCCN(CCC)C(=O)O. The van der Waals surface area contributed by atoms with Crippen molar-refractivity contribution in [1.82, 2.24) is 4.90 Å². The molecule has 78 valence electrons. The van der Waals surface area contributed by atoms with Gasteiger partial charge in [-0.2, -0.15) is 0 Å². The van der Waals surface area contributed by atoms with Gasteiger partial charge in [-0.1, -0.05) is 33.1 Å². The zero-order valence-corrected chi connectivity index (χ0v) is 8.75. The summed E-state index contributed by atoms with van der Waals surface area (Å²) in [6.07, 6.45) is 4.67. The molecule has 0 spiro atoms. The Bertz CT molecular complexity index is 137. The highest BCUT2D eigenvalue weighted by Gasteiger charge is 2.08. The van der Waals surface area contributed by atoms with Gasteiger partial charge < -0.3 is 10.0 Å². The van der Waals surface area contributed by atoms with Crippen molar-refractivity contribution in [2.75, 3.05) is 13.1 Å². The number of hydrogen-bond donors (Lipinski definition) is 1. The largest absolute Gasteiger partial charge is 0.465 e. The normalized spacial score (nSPS) is 10.0. The summed E-state index contributed by atoms with van der Waals surface area (Å²) in [4.78, 5) is 12.2. The smallest absolute Gasteiger partial charge is 0.407 e. The number of amides is 1. The molecule has 0 aliphatic rings. The summed E-state index contributed by atoms with van der Waals surface area (Å²) in [7, 11) is 0. The summed E-state index contributed by atoms with van der Waals surface area (Å²) >= 11 is 0. The fourth-order valence-corrected chi connectivity index (χ4v) is 1.30. The van der Waals surface area contributed by atoms with Crippen LogP contribution in [0.3, 0.4) is 0 Å². The monoisotopic (exact) mass is 187 g/mol. The molecule has 0 aromatic rings. The molecule has 0 fully saturated rings. The molecule has 3 nitrogen and oxygen atoms in total. The van der Waals surface area contributed by atoms with Gasteiger partial charge in [0.25, 0.3) is 0 Å². The van der Waals surface area contributed by atoms with Gasteiger partial charge in [-0.15, -0.1) is 0 Å². The van der Waals surface area contributed by atoms with Gasteiger partial charge in [0.1, 0.15) is 0 Å². The predicted octanol–water partition coefficient (Wildman–Crippen LogP) is 2.96. The van der Waals surface area contributed by atoms with Gasteiger partial charge in [-0.05, 0) is 12.8 Å². The van der Waals surface area contributed by atoms with Crippen LogP contribution in [0.5, 0.6) is 0 Å². The van der Waals surface area contributed by atoms with E-state index in [4.69, 9.17) is 5.11 Å². The maximum atomic E-state index is 10.7. The third-order valence-electron chi connectivity index (χ3n) is 2.05. The molecule has 0 aromatic heterocycles. The van der Waals surface area contributed by atoms with Crippen molar-refractivity contribution < 1.29 is 9.90 Å². The average Bonchev–Trinajstić information content (AvgIpc) is 2.10. The molecule has 0 aliphatic carbocycles. The molecule has 3 heteroatoms. The lowest BCUT2D eigenvalue weighted by molar-refractivity contribution is 0.144. The summed E-state index contributed by atoms with van der Waals surface area (Å²) in [5.41, 5.74) is 0. The van der Waals surface area contributed by atoms with Crippen LogP contribution in [0.2, 0.25) is 0 Å². The van der Waals surface area contributed by atoms with Gasteiger partial charge in [0.2, 0.25) is 0 Å². The van der Waals surface area contributed by atoms with Crippen LogP contribution >= 0.6 is 0 Å². The molecular weight excluding hydrogens is 166 g/mol. The summed E-state index contributed by atoms with van der Waals surface area (Å²) in [5, 5.41) is 8.79. The number of nitrogens with zero attached hydrogens (tertiary/aromatic N) is 1. The molecule has 0 aromatic carbocycles. The second-order valence-electron chi connectivity index (χ2n) is 3.33. The first-order chi connectivity index (χ1) is 6.22. The summed E-state index contributed by atoms with van der Waals surface area (Å²) in [5.74, 6) is 0. The van der Waals surface area contributed by atoms with Crippen LogP contribution in [0.25, 0.3) is 0 Å². The quantitative estimate of drug-likeness (QED) is 0.622. The zero-order valence-electron chi connectivity index (χ0n) is 8.75. The van der Waals surface area contributed by atoms with Crippen LogP contribution in [-0.4, -0.2) is 29.2 Å². The van der Waals surface area contributed by atoms with Crippen molar-refractivity contribution in [2.45, 2.75) is 46.0 Å². The van der Waals surface area contributed by atoms with Crippen LogP contribution in [0, 0.1) is 0 Å². The second kappa shape index (κ2) is 7.90. The van der Waals surface area contributed by atoms with Gasteiger partial charge in [0.05, 0.1) is 0 Å². The molecular formula is C10H21NO2. The van der Waals surface area contributed by atoms with E-state index in [1.54, 1.807) is 0 Å². The molecule has 0 heterocycles. The molecule has 0 saturated heterocycles. The molecule has 0 atom stereocenters. The number of carboxylic acid groups (broad SMARTS) is 1. The highest BCUT2D eigenvalue weighted by Crippen LogP contribution is 2.02. The molecule has 0 aliphatic heterocycles. The first kappa shape index (κ1) is 12.3. The van der Waals surface area contributed by atoms with Crippen molar-refractivity contribution in [1.29, 1.82) is 0 Å². The lowest BCUT2D eigenvalue weighted by Crippen LogP contribution is -2.31. The first-order valence-electron chi connectivity index (χ1n) is 5.20. The van der Waals surface area contributed by atoms with Crippen molar-refractivity contribution in [3.05, 3.63) is 0 Å². The van der Waals surface area contributed by atoms with E-state index in [1.165, 1.54) is 17.7 Å². The minimum atomic E-state index is -0.779. The van der Waals surface area contributed by atoms with Gasteiger partial charge in [0, 0.05) is 13.1 Å². The highest BCUT2D eigenvalue weighted by molar-refractivity contribution is 5.64. The lowest BCUT2D eigenvalue weighted by Gasteiger charge is -2.17. The van der Waals surface area contributed by atoms with Crippen LogP contribution in [-0.2, 0) is 0 Å². The van der Waals surface area contributed by atoms with E-state index < -0.39 is 6.09 Å². The van der Waals surface area contributed by atoms with Crippen LogP contribution in [0.1, 0.15) is 46.0 Å². The highest BCUT2D eigenvalue weighted by atomic mass is 16.4. The van der Waals surface area contributed by atoms with E-state index in [1.807, 2.05) is 6.92 Å². The van der Waals surface area contributed by atoms with Crippen molar-refractivity contribution in [3.63, 3.8) is 0 Å². The topological polar surface area (TPSA) is 40.5 Å². The van der Waals surface area contributed by atoms with Gasteiger partial charge in [-0.3, -0.25) is 0 Å². The van der Waals surface area contributed by atoms with Crippen LogP contribution in [0.15, 0.2) is 0 Å². The van der Waals surface area contributed by atoms with Crippen molar-refractivity contribution >= 4 is 6.09 Å². The Labute approximate surface area is 80.7 Å². The van der Waals surface area contributed by atoms with E-state index in [-0.39, 0.29) is 0 Å². The van der Waals surface area contributed by atoms with E-state index in [9.17, 15) is 4.79 Å². The molecule has 13 heavy (non-hydrogen) atoms. The Kier molecular flexibility index (Phi) is 7.45. The Morgan fingerprint density at radius 2 is 1.77 bits per heavy atom. The summed E-state index contributed by atoms with van der Waals surface area (Å²) in [6, 6.07) is 0. The minimum absolute atomic E-state index is 0.668. The molecule has 0 bridgehead atoms. The Morgan fingerprint density at radius 3 is 2.23 bits per heavy atom. The predicted molar refractivity (Wildman–Crippen MR) is 54.0 cm³/mol. The molecule has 0 unspecified atom stereocenters. The van der Waals surface area contributed by atoms with E-state index in [0.717, 1.165) is 19.3 Å². The minimum Gasteiger partial charge on any atom is -0.465 e. The van der Waals surface area contributed by atoms with E-state index in [2.05, 4.69) is 6.92 Å². The number of unbranched alkanes of at least 4 members (excludes halogenated alkanes) is 3. The second-order valence-corrected chi connectivity index (χ2v) is 3.33. The molecule has 0 radical (unpaired) electrons. The Morgan fingerprint density at radius 1 is 1.08 bits per heavy atom. The zero-order chi connectivity index (χ0) is 10.1. The molecule has 1 amide bonds.